The minimum absolute atomic E-state index is 0.231. The summed E-state index contributed by atoms with van der Waals surface area (Å²) in [6.07, 6.45) is 3.23. The highest BCUT2D eigenvalue weighted by Crippen LogP contribution is 2.37. The molecule has 0 aliphatic heterocycles. The van der Waals surface area contributed by atoms with Crippen molar-refractivity contribution in [3.8, 4) is 5.75 Å². The Labute approximate surface area is 85.1 Å². The number of rotatable bonds is 0. The molecule has 1 aliphatic rings. The summed E-state index contributed by atoms with van der Waals surface area (Å²) in [6.45, 7) is 6.68. The van der Waals surface area contributed by atoms with E-state index in [-0.39, 0.29) is 5.41 Å². The predicted molar refractivity (Wildman–Crippen MR) is 59.2 cm³/mol. The topological polar surface area (TPSA) is 20.2 Å². The van der Waals surface area contributed by atoms with Crippen molar-refractivity contribution in [2.75, 3.05) is 0 Å². The van der Waals surface area contributed by atoms with Crippen LogP contribution >= 0.6 is 0 Å². The van der Waals surface area contributed by atoms with E-state index in [1.807, 2.05) is 12.1 Å². The Kier molecular flexibility index (Phi) is 1.91. The van der Waals surface area contributed by atoms with Crippen molar-refractivity contribution in [3.05, 3.63) is 34.9 Å². The summed E-state index contributed by atoms with van der Waals surface area (Å²) in [6, 6.07) is 5.62. The lowest BCUT2D eigenvalue weighted by atomic mass is 9.85. The molecule has 0 saturated heterocycles. The molecular formula is C13H16O. The monoisotopic (exact) mass is 188 g/mol. The number of hydrogen-bond donors (Lipinski definition) is 1. The van der Waals surface area contributed by atoms with Crippen LogP contribution in [0.3, 0.4) is 0 Å². The molecule has 2 rings (SSSR count). The van der Waals surface area contributed by atoms with Gasteiger partial charge in [-0.05, 0) is 35.1 Å². The van der Waals surface area contributed by atoms with Crippen molar-refractivity contribution in [2.45, 2.75) is 27.2 Å². The molecule has 0 unspecified atom stereocenters. The van der Waals surface area contributed by atoms with E-state index in [4.69, 9.17) is 0 Å². The minimum Gasteiger partial charge on any atom is -0.508 e. The zero-order chi connectivity index (χ0) is 10.3. The van der Waals surface area contributed by atoms with E-state index < -0.39 is 0 Å². The van der Waals surface area contributed by atoms with Crippen LogP contribution in [0, 0.1) is 5.41 Å². The molecule has 0 bridgehead atoms. The number of aromatic hydroxyl groups is 1. The van der Waals surface area contributed by atoms with Crippen molar-refractivity contribution < 1.29 is 5.11 Å². The number of allylic oxidation sites excluding steroid dienone is 1. The molecule has 0 atom stereocenters. The van der Waals surface area contributed by atoms with Crippen LogP contribution in [0.4, 0.5) is 0 Å². The van der Waals surface area contributed by atoms with Gasteiger partial charge in [-0.15, -0.1) is 0 Å². The second kappa shape index (κ2) is 2.88. The summed E-state index contributed by atoms with van der Waals surface area (Å²) in [5.74, 6) is 0.357. The third kappa shape index (κ3) is 1.54. The van der Waals surface area contributed by atoms with E-state index >= 15 is 0 Å². The second-order valence-electron chi connectivity index (χ2n) is 4.98. The zero-order valence-corrected chi connectivity index (χ0v) is 8.96. The van der Waals surface area contributed by atoms with Crippen LogP contribution in [0.25, 0.3) is 6.08 Å². The van der Waals surface area contributed by atoms with Gasteiger partial charge < -0.3 is 5.11 Å². The van der Waals surface area contributed by atoms with E-state index in [0.29, 0.717) is 5.75 Å². The largest absolute Gasteiger partial charge is 0.508 e. The van der Waals surface area contributed by atoms with E-state index in [0.717, 1.165) is 6.42 Å². The highest BCUT2D eigenvalue weighted by Gasteiger charge is 2.22. The molecule has 0 spiro atoms. The number of phenols is 1. The lowest BCUT2D eigenvalue weighted by Gasteiger charge is -2.19. The SMILES string of the molecule is CC(C)(C)C1=Cc2cc(O)ccc2C1. The quantitative estimate of drug-likeness (QED) is 0.661. The van der Waals surface area contributed by atoms with Gasteiger partial charge in [0.05, 0.1) is 0 Å². The molecule has 74 valence electrons. The Bertz CT molecular complexity index is 394. The van der Waals surface area contributed by atoms with E-state index in [1.54, 1.807) is 6.07 Å². The van der Waals surface area contributed by atoms with E-state index in [1.165, 1.54) is 16.7 Å². The van der Waals surface area contributed by atoms with Gasteiger partial charge >= 0.3 is 0 Å². The van der Waals surface area contributed by atoms with Crippen LogP contribution in [0.15, 0.2) is 23.8 Å². The molecule has 1 heteroatoms. The predicted octanol–water partition coefficient (Wildman–Crippen LogP) is 3.38. The Hall–Kier alpha value is -1.24. The van der Waals surface area contributed by atoms with Crippen molar-refractivity contribution in [3.63, 3.8) is 0 Å². The summed E-state index contributed by atoms with van der Waals surface area (Å²) >= 11 is 0. The molecule has 1 nitrogen and oxygen atoms in total. The van der Waals surface area contributed by atoms with Gasteiger partial charge in [0.1, 0.15) is 5.75 Å². The fraction of sp³-hybridized carbons (Fsp3) is 0.385. The van der Waals surface area contributed by atoms with Gasteiger partial charge in [-0.25, -0.2) is 0 Å². The van der Waals surface area contributed by atoms with Gasteiger partial charge in [-0.3, -0.25) is 0 Å². The van der Waals surface area contributed by atoms with Gasteiger partial charge in [-0.2, -0.15) is 0 Å². The lowest BCUT2D eigenvalue weighted by Crippen LogP contribution is -2.08. The molecule has 0 amide bonds. The molecule has 1 aromatic carbocycles. The molecule has 14 heavy (non-hydrogen) atoms. The molecule has 1 N–H and O–H groups in total. The number of fused-ring (bicyclic) bond motifs is 1. The minimum atomic E-state index is 0.231. The Morgan fingerprint density at radius 2 is 1.93 bits per heavy atom. The van der Waals surface area contributed by atoms with Crippen LogP contribution in [-0.2, 0) is 6.42 Å². The average molecular weight is 188 g/mol. The molecule has 0 fully saturated rings. The highest BCUT2D eigenvalue weighted by molar-refractivity contribution is 5.66. The zero-order valence-electron chi connectivity index (χ0n) is 8.96. The van der Waals surface area contributed by atoms with Crippen LogP contribution < -0.4 is 0 Å². The number of benzene rings is 1. The smallest absolute Gasteiger partial charge is 0.116 e. The van der Waals surface area contributed by atoms with Crippen molar-refractivity contribution in [1.29, 1.82) is 0 Å². The summed E-state index contributed by atoms with van der Waals surface area (Å²) in [5, 5.41) is 9.36. The highest BCUT2D eigenvalue weighted by atomic mass is 16.3. The third-order valence-electron chi connectivity index (χ3n) is 2.80. The van der Waals surface area contributed by atoms with Gasteiger partial charge in [0.15, 0.2) is 0 Å². The normalized spacial score (nSPS) is 15.2. The lowest BCUT2D eigenvalue weighted by molar-refractivity contribution is 0.475. The molecule has 0 heterocycles. The Balaban J connectivity index is 2.39. The van der Waals surface area contributed by atoms with Crippen LogP contribution in [0.1, 0.15) is 31.9 Å². The Morgan fingerprint density at radius 3 is 2.57 bits per heavy atom. The maximum Gasteiger partial charge on any atom is 0.116 e. The number of hydrogen-bond acceptors (Lipinski definition) is 1. The molecule has 1 aromatic rings. The first-order chi connectivity index (χ1) is 6.47. The van der Waals surface area contributed by atoms with Crippen molar-refractivity contribution in [2.24, 2.45) is 5.41 Å². The molecular weight excluding hydrogens is 172 g/mol. The van der Waals surface area contributed by atoms with Crippen molar-refractivity contribution >= 4 is 6.08 Å². The van der Waals surface area contributed by atoms with Gasteiger partial charge in [0.2, 0.25) is 0 Å². The fourth-order valence-electron chi connectivity index (χ4n) is 1.80. The molecule has 1 aliphatic carbocycles. The summed E-state index contributed by atoms with van der Waals surface area (Å²) in [5.41, 5.74) is 4.18. The molecule has 0 saturated carbocycles. The maximum atomic E-state index is 9.36. The van der Waals surface area contributed by atoms with Crippen molar-refractivity contribution in [1.82, 2.24) is 0 Å². The molecule has 0 aromatic heterocycles. The van der Waals surface area contributed by atoms with Gasteiger partial charge in [0, 0.05) is 0 Å². The average Bonchev–Trinajstić information content (AvgIpc) is 2.45. The number of phenolic OH excluding ortho intramolecular Hbond substituents is 1. The summed E-state index contributed by atoms with van der Waals surface area (Å²) in [4.78, 5) is 0. The van der Waals surface area contributed by atoms with E-state index in [2.05, 4.69) is 26.8 Å². The van der Waals surface area contributed by atoms with Crippen LogP contribution in [-0.4, -0.2) is 5.11 Å². The summed E-state index contributed by atoms with van der Waals surface area (Å²) < 4.78 is 0. The molecule has 0 radical (unpaired) electrons. The van der Waals surface area contributed by atoms with Gasteiger partial charge in [0.25, 0.3) is 0 Å². The second-order valence-corrected chi connectivity index (χ2v) is 4.98. The maximum absolute atomic E-state index is 9.36. The first kappa shape index (κ1) is 9.32. The summed E-state index contributed by atoms with van der Waals surface area (Å²) in [7, 11) is 0. The first-order valence-electron chi connectivity index (χ1n) is 5.00. The fourth-order valence-corrected chi connectivity index (χ4v) is 1.80. The van der Waals surface area contributed by atoms with Crippen LogP contribution in [0.2, 0.25) is 0 Å². The van der Waals surface area contributed by atoms with E-state index in [9.17, 15) is 5.11 Å². The third-order valence-corrected chi connectivity index (χ3v) is 2.80. The van der Waals surface area contributed by atoms with Gasteiger partial charge in [-0.1, -0.05) is 38.5 Å². The standard InChI is InChI=1S/C13H16O/c1-13(2,3)11-6-9-4-5-12(14)8-10(9)7-11/h4-5,7-8,14H,6H2,1-3H3. The van der Waals surface area contributed by atoms with Crippen LogP contribution in [0.5, 0.6) is 5.75 Å². The Morgan fingerprint density at radius 1 is 1.21 bits per heavy atom. The first-order valence-corrected chi connectivity index (χ1v) is 5.00.